The van der Waals surface area contributed by atoms with Crippen LogP contribution in [0.2, 0.25) is 0 Å². The van der Waals surface area contributed by atoms with E-state index in [-0.39, 0.29) is 11.7 Å². The van der Waals surface area contributed by atoms with Crippen LogP contribution in [0.3, 0.4) is 0 Å². The topological polar surface area (TPSA) is 46.9 Å². The average Bonchev–Trinajstić information content (AvgIpc) is 3.17. The van der Waals surface area contributed by atoms with Gasteiger partial charge in [0.2, 0.25) is 5.91 Å². The number of imidazole rings is 1. The SMILES string of the molecule is O=C(CSCc1ccc(F)cc1)NCc1ccc(-n2ccnc2)cc1. The van der Waals surface area contributed by atoms with E-state index in [9.17, 15) is 9.18 Å². The number of aromatic nitrogens is 2. The smallest absolute Gasteiger partial charge is 0.230 e. The molecular weight excluding hydrogens is 337 g/mol. The quantitative estimate of drug-likeness (QED) is 0.705. The van der Waals surface area contributed by atoms with Crippen molar-refractivity contribution in [3.05, 3.63) is 84.2 Å². The lowest BCUT2D eigenvalue weighted by molar-refractivity contribution is -0.118. The fourth-order valence-electron chi connectivity index (χ4n) is 2.29. The summed E-state index contributed by atoms with van der Waals surface area (Å²) >= 11 is 1.51. The molecular formula is C19H18FN3OS. The predicted molar refractivity (Wildman–Crippen MR) is 98.0 cm³/mol. The van der Waals surface area contributed by atoms with Crippen LogP contribution in [0, 0.1) is 5.82 Å². The van der Waals surface area contributed by atoms with Crippen LogP contribution < -0.4 is 5.32 Å². The van der Waals surface area contributed by atoms with Crippen molar-refractivity contribution in [1.82, 2.24) is 14.9 Å². The second-order valence-corrected chi connectivity index (χ2v) is 6.52. The molecule has 0 spiro atoms. The van der Waals surface area contributed by atoms with E-state index in [4.69, 9.17) is 0 Å². The van der Waals surface area contributed by atoms with Crippen LogP contribution in [0.4, 0.5) is 4.39 Å². The molecule has 0 unspecified atom stereocenters. The normalized spacial score (nSPS) is 10.6. The number of halogens is 1. The van der Waals surface area contributed by atoms with Crippen molar-refractivity contribution in [2.45, 2.75) is 12.3 Å². The number of hydrogen-bond acceptors (Lipinski definition) is 3. The summed E-state index contributed by atoms with van der Waals surface area (Å²) in [5, 5.41) is 2.91. The Kier molecular flexibility index (Phi) is 5.85. The van der Waals surface area contributed by atoms with E-state index in [1.807, 2.05) is 35.0 Å². The number of carbonyl (C=O) groups excluding carboxylic acids is 1. The average molecular weight is 355 g/mol. The van der Waals surface area contributed by atoms with Gasteiger partial charge >= 0.3 is 0 Å². The van der Waals surface area contributed by atoms with Gasteiger partial charge in [-0.25, -0.2) is 9.37 Å². The van der Waals surface area contributed by atoms with Gasteiger partial charge in [-0.05, 0) is 35.4 Å². The molecule has 0 aliphatic carbocycles. The molecule has 4 nitrogen and oxygen atoms in total. The second kappa shape index (κ2) is 8.48. The molecule has 0 aliphatic heterocycles. The van der Waals surface area contributed by atoms with Crippen LogP contribution in [0.1, 0.15) is 11.1 Å². The zero-order chi connectivity index (χ0) is 17.5. The highest BCUT2D eigenvalue weighted by atomic mass is 32.2. The van der Waals surface area contributed by atoms with E-state index < -0.39 is 0 Å². The Morgan fingerprint density at radius 1 is 1.08 bits per heavy atom. The van der Waals surface area contributed by atoms with E-state index in [0.29, 0.717) is 18.1 Å². The molecule has 0 saturated carbocycles. The van der Waals surface area contributed by atoms with Crippen LogP contribution in [0.25, 0.3) is 5.69 Å². The second-order valence-electron chi connectivity index (χ2n) is 5.53. The van der Waals surface area contributed by atoms with Gasteiger partial charge in [0.25, 0.3) is 0 Å². The third kappa shape index (κ3) is 5.19. The van der Waals surface area contributed by atoms with Gasteiger partial charge in [-0.2, -0.15) is 0 Å². The van der Waals surface area contributed by atoms with Gasteiger partial charge in [0, 0.05) is 30.4 Å². The molecule has 1 heterocycles. The standard InChI is InChI=1S/C19H18FN3OS/c20-17-5-1-16(2-6-17)12-25-13-19(24)22-11-15-3-7-18(8-4-15)23-10-9-21-14-23/h1-10,14H,11-13H2,(H,22,24). The molecule has 1 amide bonds. The van der Waals surface area contributed by atoms with Gasteiger partial charge in [0.05, 0.1) is 12.1 Å². The highest BCUT2D eigenvalue weighted by Gasteiger charge is 2.03. The lowest BCUT2D eigenvalue weighted by atomic mass is 10.2. The minimum atomic E-state index is -0.245. The number of nitrogens with one attached hydrogen (secondary N) is 1. The van der Waals surface area contributed by atoms with Gasteiger partial charge < -0.3 is 9.88 Å². The highest BCUT2D eigenvalue weighted by Crippen LogP contribution is 2.13. The van der Waals surface area contributed by atoms with Gasteiger partial charge in [-0.3, -0.25) is 4.79 Å². The Morgan fingerprint density at radius 2 is 1.80 bits per heavy atom. The van der Waals surface area contributed by atoms with Gasteiger partial charge in [0.1, 0.15) is 5.82 Å². The first kappa shape index (κ1) is 17.2. The highest BCUT2D eigenvalue weighted by molar-refractivity contribution is 7.99. The molecule has 0 aliphatic rings. The largest absolute Gasteiger partial charge is 0.351 e. The monoisotopic (exact) mass is 355 g/mol. The van der Waals surface area contributed by atoms with Crippen molar-refractivity contribution in [3.8, 4) is 5.69 Å². The lowest BCUT2D eigenvalue weighted by Gasteiger charge is -2.07. The van der Waals surface area contributed by atoms with Crippen molar-refractivity contribution >= 4 is 17.7 Å². The van der Waals surface area contributed by atoms with E-state index in [2.05, 4.69) is 10.3 Å². The van der Waals surface area contributed by atoms with Gasteiger partial charge in [-0.15, -0.1) is 11.8 Å². The first-order chi connectivity index (χ1) is 12.2. The maximum atomic E-state index is 12.8. The van der Waals surface area contributed by atoms with Gasteiger partial charge in [0.15, 0.2) is 0 Å². The van der Waals surface area contributed by atoms with Crippen molar-refractivity contribution < 1.29 is 9.18 Å². The third-order valence-corrected chi connectivity index (χ3v) is 4.65. The maximum Gasteiger partial charge on any atom is 0.230 e. The number of carbonyl (C=O) groups is 1. The van der Waals surface area contributed by atoms with E-state index in [1.54, 1.807) is 24.7 Å². The molecule has 0 atom stereocenters. The van der Waals surface area contributed by atoms with Crippen molar-refractivity contribution in [1.29, 1.82) is 0 Å². The summed E-state index contributed by atoms with van der Waals surface area (Å²) < 4.78 is 14.8. The molecule has 128 valence electrons. The Morgan fingerprint density at radius 3 is 2.48 bits per heavy atom. The summed E-state index contributed by atoms with van der Waals surface area (Å²) in [6.07, 6.45) is 5.36. The fourth-order valence-corrected chi connectivity index (χ4v) is 3.11. The first-order valence-electron chi connectivity index (χ1n) is 7.87. The predicted octanol–water partition coefficient (Wildman–Crippen LogP) is 3.56. The number of amides is 1. The number of nitrogens with zero attached hydrogens (tertiary/aromatic N) is 2. The van der Waals surface area contributed by atoms with E-state index in [1.165, 1.54) is 23.9 Å². The van der Waals surface area contributed by atoms with Crippen LogP contribution in [-0.4, -0.2) is 21.2 Å². The van der Waals surface area contributed by atoms with E-state index >= 15 is 0 Å². The molecule has 1 N–H and O–H groups in total. The van der Waals surface area contributed by atoms with Crippen LogP contribution in [-0.2, 0) is 17.1 Å². The summed E-state index contributed by atoms with van der Waals surface area (Å²) in [4.78, 5) is 15.9. The molecule has 25 heavy (non-hydrogen) atoms. The third-order valence-electron chi connectivity index (χ3n) is 3.64. The molecule has 6 heteroatoms. The zero-order valence-corrected chi connectivity index (χ0v) is 14.4. The van der Waals surface area contributed by atoms with Crippen LogP contribution in [0.15, 0.2) is 67.3 Å². The summed E-state index contributed by atoms with van der Waals surface area (Å²) in [5.41, 5.74) is 3.08. The minimum Gasteiger partial charge on any atom is -0.351 e. The molecule has 0 radical (unpaired) electrons. The maximum absolute atomic E-state index is 12.8. The summed E-state index contributed by atoms with van der Waals surface area (Å²) in [6, 6.07) is 14.3. The lowest BCUT2D eigenvalue weighted by Crippen LogP contribution is -2.24. The molecule has 0 fully saturated rings. The Bertz CT molecular complexity index is 802. The van der Waals surface area contributed by atoms with Crippen molar-refractivity contribution in [2.75, 3.05) is 5.75 Å². The summed E-state index contributed by atoms with van der Waals surface area (Å²) in [7, 11) is 0. The molecule has 3 rings (SSSR count). The van der Waals surface area contributed by atoms with Crippen LogP contribution in [0.5, 0.6) is 0 Å². The Balaban J connectivity index is 1.40. The number of benzene rings is 2. The number of rotatable bonds is 7. The van der Waals surface area contributed by atoms with E-state index in [0.717, 1.165) is 16.8 Å². The first-order valence-corrected chi connectivity index (χ1v) is 9.02. The van der Waals surface area contributed by atoms with Crippen molar-refractivity contribution in [3.63, 3.8) is 0 Å². The molecule has 1 aromatic heterocycles. The number of thioether (sulfide) groups is 1. The van der Waals surface area contributed by atoms with Crippen molar-refractivity contribution in [2.24, 2.45) is 0 Å². The molecule has 2 aromatic carbocycles. The molecule has 0 bridgehead atoms. The molecule has 0 saturated heterocycles. The fraction of sp³-hybridized carbons (Fsp3) is 0.158. The van der Waals surface area contributed by atoms with Gasteiger partial charge in [-0.1, -0.05) is 24.3 Å². The summed E-state index contributed by atoms with van der Waals surface area (Å²) in [6.45, 7) is 0.500. The Labute approximate surface area is 150 Å². The Hall–Kier alpha value is -2.60. The minimum absolute atomic E-state index is 0.00852. The number of hydrogen-bond donors (Lipinski definition) is 1. The molecule has 3 aromatic rings. The zero-order valence-electron chi connectivity index (χ0n) is 13.6. The van der Waals surface area contributed by atoms with Crippen LogP contribution >= 0.6 is 11.8 Å². The summed E-state index contributed by atoms with van der Waals surface area (Å²) in [5.74, 6) is 0.814.